The molecule has 0 atom stereocenters. The van der Waals surface area contributed by atoms with Crippen LogP contribution in [0.2, 0.25) is 0 Å². The van der Waals surface area contributed by atoms with Crippen molar-refractivity contribution in [3.63, 3.8) is 0 Å². The zero-order chi connectivity index (χ0) is 21.5. The van der Waals surface area contributed by atoms with Crippen molar-refractivity contribution in [2.24, 2.45) is 0 Å². The van der Waals surface area contributed by atoms with E-state index < -0.39 is 12.5 Å². The summed E-state index contributed by atoms with van der Waals surface area (Å²) in [6, 6.07) is 7.36. The van der Waals surface area contributed by atoms with Gasteiger partial charge in [0, 0.05) is 39.1 Å². The fourth-order valence-corrected chi connectivity index (χ4v) is 3.11. The monoisotopic (exact) mass is 421 g/mol. The minimum Gasteiger partial charge on any atom is -0.472 e. The molecule has 30 heavy (non-hydrogen) atoms. The Morgan fingerprint density at radius 2 is 1.77 bits per heavy atom. The number of rotatable bonds is 7. The molecule has 2 aromatic rings. The zero-order valence-electron chi connectivity index (χ0n) is 16.1. The van der Waals surface area contributed by atoms with Crippen LogP contribution in [0.15, 0.2) is 47.3 Å². The van der Waals surface area contributed by atoms with Crippen molar-refractivity contribution in [2.75, 3.05) is 32.7 Å². The normalized spacial score (nSPS) is 14.0. The number of ether oxygens (including phenoxy) is 1. The molecule has 1 aromatic carbocycles. The van der Waals surface area contributed by atoms with Gasteiger partial charge >= 0.3 is 6.61 Å². The Labute approximate surface area is 171 Å². The van der Waals surface area contributed by atoms with Crippen molar-refractivity contribution in [2.45, 2.75) is 13.0 Å². The van der Waals surface area contributed by atoms with Crippen molar-refractivity contribution in [1.29, 1.82) is 0 Å². The summed E-state index contributed by atoms with van der Waals surface area (Å²) in [4.78, 5) is 39.9. The van der Waals surface area contributed by atoms with Gasteiger partial charge in [0.25, 0.3) is 11.8 Å². The molecule has 0 spiro atoms. The number of alkyl halides is 2. The van der Waals surface area contributed by atoms with Gasteiger partial charge in [-0.05, 0) is 18.2 Å². The molecule has 10 heteroatoms. The third-order valence-corrected chi connectivity index (χ3v) is 4.66. The SMILES string of the molecule is O=C(NCCC(=O)N1CCN(C(=O)c2ccccc2OC(F)F)CC1)c1ccoc1. The number of nitrogens with zero attached hydrogens (tertiary/aromatic N) is 2. The Balaban J connectivity index is 1.47. The van der Waals surface area contributed by atoms with Crippen LogP contribution in [-0.2, 0) is 4.79 Å². The first-order valence-corrected chi connectivity index (χ1v) is 9.37. The minimum atomic E-state index is -3.03. The lowest BCUT2D eigenvalue weighted by Gasteiger charge is -2.35. The summed E-state index contributed by atoms with van der Waals surface area (Å²) in [7, 11) is 0. The highest BCUT2D eigenvalue weighted by atomic mass is 19.3. The van der Waals surface area contributed by atoms with Crippen LogP contribution < -0.4 is 10.1 Å². The second kappa shape index (κ2) is 9.86. The van der Waals surface area contributed by atoms with Gasteiger partial charge in [-0.1, -0.05) is 12.1 Å². The Hall–Kier alpha value is -3.43. The van der Waals surface area contributed by atoms with E-state index in [2.05, 4.69) is 10.1 Å². The molecule has 0 radical (unpaired) electrons. The molecule has 1 N–H and O–H groups in total. The smallest absolute Gasteiger partial charge is 0.387 e. The van der Waals surface area contributed by atoms with E-state index in [4.69, 9.17) is 4.42 Å². The molecule has 1 aliphatic rings. The zero-order valence-corrected chi connectivity index (χ0v) is 16.1. The largest absolute Gasteiger partial charge is 0.472 e. The predicted molar refractivity (Wildman–Crippen MR) is 101 cm³/mol. The van der Waals surface area contributed by atoms with Gasteiger partial charge in [0.05, 0.1) is 17.4 Å². The quantitative estimate of drug-likeness (QED) is 0.738. The van der Waals surface area contributed by atoms with Crippen molar-refractivity contribution < 1.29 is 32.3 Å². The van der Waals surface area contributed by atoms with Crippen molar-refractivity contribution in [3.8, 4) is 5.75 Å². The van der Waals surface area contributed by atoms with Gasteiger partial charge in [-0.3, -0.25) is 14.4 Å². The summed E-state index contributed by atoms with van der Waals surface area (Å²) in [6.07, 6.45) is 2.83. The number of hydrogen-bond donors (Lipinski definition) is 1. The molecule has 0 saturated carbocycles. The Morgan fingerprint density at radius 3 is 2.43 bits per heavy atom. The van der Waals surface area contributed by atoms with E-state index in [1.54, 1.807) is 11.0 Å². The van der Waals surface area contributed by atoms with Crippen LogP contribution in [0.4, 0.5) is 8.78 Å². The molecule has 3 rings (SSSR count). The number of halogens is 2. The van der Waals surface area contributed by atoms with Crippen molar-refractivity contribution in [3.05, 3.63) is 54.0 Å². The summed E-state index contributed by atoms with van der Waals surface area (Å²) in [6.45, 7) is -1.66. The molecule has 8 nitrogen and oxygen atoms in total. The number of nitrogens with one attached hydrogen (secondary N) is 1. The van der Waals surface area contributed by atoms with Gasteiger partial charge in [-0.2, -0.15) is 8.78 Å². The standard InChI is InChI=1S/C20H21F2N3O5/c21-20(22)30-16-4-2-1-3-15(16)19(28)25-10-8-24(9-11-25)17(26)5-7-23-18(27)14-6-12-29-13-14/h1-4,6,12-13,20H,5,7-11H2,(H,23,27). The van der Waals surface area contributed by atoms with Gasteiger partial charge < -0.3 is 24.3 Å². The summed E-state index contributed by atoms with van der Waals surface area (Å²) >= 11 is 0. The van der Waals surface area contributed by atoms with Crippen molar-refractivity contribution in [1.82, 2.24) is 15.1 Å². The Kier molecular flexibility index (Phi) is 6.99. The molecular formula is C20H21F2N3O5. The first-order chi connectivity index (χ1) is 14.5. The Morgan fingerprint density at radius 1 is 1.07 bits per heavy atom. The first kappa shape index (κ1) is 21.3. The molecule has 1 saturated heterocycles. The number of furan rings is 1. The average Bonchev–Trinajstić information content (AvgIpc) is 3.28. The highest BCUT2D eigenvalue weighted by Crippen LogP contribution is 2.22. The topological polar surface area (TPSA) is 92.1 Å². The molecule has 1 fully saturated rings. The molecule has 0 bridgehead atoms. The molecule has 0 aliphatic carbocycles. The number of benzene rings is 1. The van der Waals surface area contributed by atoms with Crippen LogP contribution in [-0.4, -0.2) is 66.9 Å². The molecule has 2 heterocycles. The van der Waals surface area contributed by atoms with Crippen LogP contribution in [0.5, 0.6) is 5.75 Å². The van der Waals surface area contributed by atoms with Crippen LogP contribution in [0, 0.1) is 0 Å². The summed E-state index contributed by atoms with van der Waals surface area (Å²) in [5.74, 6) is -1.07. The van der Waals surface area contributed by atoms with Crippen LogP contribution in [0.1, 0.15) is 27.1 Å². The predicted octanol–water partition coefficient (Wildman–Crippen LogP) is 1.99. The van der Waals surface area contributed by atoms with Gasteiger partial charge in [-0.15, -0.1) is 0 Å². The second-order valence-corrected chi connectivity index (χ2v) is 6.57. The van der Waals surface area contributed by atoms with E-state index in [1.165, 1.54) is 41.7 Å². The molecule has 1 aliphatic heterocycles. The summed E-state index contributed by atoms with van der Waals surface area (Å²) < 4.78 is 34.4. The fourth-order valence-electron chi connectivity index (χ4n) is 3.11. The molecule has 3 amide bonds. The summed E-state index contributed by atoms with van der Waals surface area (Å²) in [5.41, 5.74) is 0.435. The van der Waals surface area contributed by atoms with Gasteiger partial charge in [-0.25, -0.2) is 0 Å². The van der Waals surface area contributed by atoms with Crippen LogP contribution in [0.25, 0.3) is 0 Å². The maximum atomic E-state index is 12.7. The van der Waals surface area contributed by atoms with Crippen LogP contribution >= 0.6 is 0 Å². The van der Waals surface area contributed by atoms with E-state index in [1.807, 2.05) is 0 Å². The van der Waals surface area contributed by atoms with E-state index in [0.717, 1.165) is 0 Å². The number of carbonyl (C=O) groups is 3. The number of amides is 3. The highest BCUT2D eigenvalue weighted by molar-refractivity contribution is 5.97. The molecular weight excluding hydrogens is 400 g/mol. The summed E-state index contributed by atoms with van der Waals surface area (Å²) in [5, 5.41) is 2.64. The third-order valence-electron chi connectivity index (χ3n) is 4.66. The lowest BCUT2D eigenvalue weighted by atomic mass is 10.1. The van der Waals surface area contributed by atoms with Crippen molar-refractivity contribution >= 4 is 17.7 Å². The lowest BCUT2D eigenvalue weighted by molar-refractivity contribution is -0.132. The maximum absolute atomic E-state index is 12.7. The van der Waals surface area contributed by atoms with E-state index in [0.29, 0.717) is 18.7 Å². The minimum absolute atomic E-state index is 0.0551. The lowest BCUT2D eigenvalue weighted by Crippen LogP contribution is -2.51. The Bertz CT molecular complexity index is 880. The van der Waals surface area contributed by atoms with E-state index in [-0.39, 0.29) is 49.2 Å². The van der Waals surface area contributed by atoms with Crippen LogP contribution in [0.3, 0.4) is 0 Å². The maximum Gasteiger partial charge on any atom is 0.387 e. The average molecular weight is 421 g/mol. The van der Waals surface area contributed by atoms with E-state index >= 15 is 0 Å². The first-order valence-electron chi connectivity index (χ1n) is 9.37. The molecule has 0 unspecified atom stereocenters. The number of para-hydroxylation sites is 1. The molecule has 160 valence electrons. The fraction of sp³-hybridized carbons (Fsp3) is 0.350. The number of carbonyl (C=O) groups excluding carboxylic acids is 3. The number of piperazine rings is 1. The molecule has 1 aromatic heterocycles. The second-order valence-electron chi connectivity index (χ2n) is 6.57. The number of hydrogen-bond acceptors (Lipinski definition) is 5. The highest BCUT2D eigenvalue weighted by Gasteiger charge is 2.26. The van der Waals surface area contributed by atoms with E-state index in [9.17, 15) is 23.2 Å². The van der Waals surface area contributed by atoms with Gasteiger partial charge in [0.1, 0.15) is 12.0 Å². The van der Waals surface area contributed by atoms with Gasteiger partial charge in [0.15, 0.2) is 0 Å². The van der Waals surface area contributed by atoms with Gasteiger partial charge in [0.2, 0.25) is 5.91 Å². The third kappa shape index (κ3) is 5.34.